The molecule has 28 heavy (non-hydrogen) atoms. The zero-order valence-corrected chi connectivity index (χ0v) is 16.6. The zero-order valence-electron chi connectivity index (χ0n) is 15.7. The van der Waals surface area contributed by atoms with Crippen LogP contribution in [0.3, 0.4) is 0 Å². The summed E-state index contributed by atoms with van der Waals surface area (Å²) in [6.45, 7) is 1.86. The van der Waals surface area contributed by atoms with E-state index in [1.807, 2.05) is 12.1 Å². The van der Waals surface area contributed by atoms with E-state index in [0.29, 0.717) is 16.5 Å². The first-order valence-corrected chi connectivity index (χ1v) is 9.04. The number of thiol groups is 1. The van der Waals surface area contributed by atoms with Crippen LogP contribution in [0.5, 0.6) is 17.4 Å². The van der Waals surface area contributed by atoms with Crippen molar-refractivity contribution in [2.24, 2.45) is 0 Å². The Kier molecular flexibility index (Phi) is 8.79. The molecule has 2 unspecified atom stereocenters. The van der Waals surface area contributed by atoms with Gasteiger partial charge in [0.05, 0.1) is 13.3 Å². The van der Waals surface area contributed by atoms with E-state index in [1.54, 1.807) is 38.3 Å². The van der Waals surface area contributed by atoms with Gasteiger partial charge in [0.1, 0.15) is 17.7 Å². The van der Waals surface area contributed by atoms with Gasteiger partial charge in [-0.2, -0.15) is 0 Å². The monoisotopic (exact) mass is 408 g/mol. The molecule has 0 aliphatic heterocycles. The number of para-hydroxylation sites is 2. The third-order valence-electron chi connectivity index (χ3n) is 3.51. The molecular formula is C18H24N4O5S. The number of hydrogen-bond donors (Lipinski definition) is 4. The Bertz CT molecular complexity index is 747. The van der Waals surface area contributed by atoms with Crippen LogP contribution in [-0.4, -0.2) is 60.3 Å². The van der Waals surface area contributed by atoms with Gasteiger partial charge in [-0.1, -0.05) is 12.1 Å². The third kappa shape index (κ3) is 7.59. The Hall–Kier alpha value is -2.56. The number of aliphatic hydroxyl groups excluding tert-OH is 1. The number of rotatable bonds is 11. The number of amides is 1. The third-order valence-corrected chi connectivity index (χ3v) is 3.75. The molecule has 1 heterocycles. The van der Waals surface area contributed by atoms with Crippen LogP contribution in [-0.2, 0) is 4.79 Å². The van der Waals surface area contributed by atoms with E-state index < -0.39 is 6.10 Å². The van der Waals surface area contributed by atoms with E-state index in [-0.39, 0.29) is 37.7 Å². The molecule has 0 saturated heterocycles. The molecular weight excluding hydrogens is 384 g/mol. The summed E-state index contributed by atoms with van der Waals surface area (Å²) in [5, 5.41) is 23.7. The molecule has 10 heteroatoms. The second-order valence-electron chi connectivity index (χ2n) is 5.83. The van der Waals surface area contributed by atoms with Crippen LogP contribution in [0.4, 0.5) is 0 Å². The molecule has 1 amide bonds. The Balaban J connectivity index is 1.64. The molecule has 0 spiro atoms. The number of hydrogen-bond acceptors (Lipinski definition) is 9. The molecule has 0 aliphatic carbocycles. The number of ether oxygens (including phenoxy) is 3. The van der Waals surface area contributed by atoms with Crippen molar-refractivity contribution in [2.75, 3.05) is 26.9 Å². The molecule has 2 atom stereocenters. The number of aromatic nitrogens is 2. The fraction of sp³-hybridized carbons (Fsp3) is 0.389. The lowest BCUT2D eigenvalue weighted by atomic mass is 10.3. The van der Waals surface area contributed by atoms with Gasteiger partial charge in [-0.15, -0.1) is 22.8 Å². The Labute approximate surface area is 168 Å². The standard InChI is InChI=1S/C18H24N4O5S/c1-12(20-16(24)11-27-17-7-8-18(28)22-21-17)19-9-13(23)10-26-15-6-4-3-5-14(15)25-2/h3-8,12-13,19,23H,9-11H2,1-2H3,(H,20,24)(H,22,28). The number of aliphatic hydroxyl groups is 1. The summed E-state index contributed by atoms with van der Waals surface area (Å²) in [6.07, 6.45) is -1.14. The van der Waals surface area contributed by atoms with Gasteiger partial charge in [0.25, 0.3) is 5.91 Å². The van der Waals surface area contributed by atoms with Crippen molar-refractivity contribution in [1.82, 2.24) is 20.8 Å². The summed E-state index contributed by atoms with van der Waals surface area (Å²) >= 11 is 4.02. The van der Waals surface area contributed by atoms with Crippen LogP contribution >= 0.6 is 12.6 Å². The molecule has 0 fully saturated rings. The number of carbonyl (C=O) groups is 1. The fourth-order valence-electron chi connectivity index (χ4n) is 2.16. The zero-order chi connectivity index (χ0) is 20.4. The number of nitrogens with zero attached hydrogens (tertiary/aromatic N) is 2. The van der Waals surface area contributed by atoms with Crippen molar-refractivity contribution in [2.45, 2.75) is 24.2 Å². The molecule has 3 N–H and O–H groups in total. The van der Waals surface area contributed by atoms with Crippen molar-refractivity contribution in [3.63, 3.8) is 0 Å². The molecule has 2 rings (SSSR count). The molecule has 152 valence electrons. The largest absolute Gasteiger partial charge is 0.493 e. The van der Waals surface area contributed by atoms with E-state index in [0.717, 1.165) is 0 Å². The Morgan fingerprint density at radius 2 is 1.93 bits per heavy atom. The Morgan fingerprint density at radius 3 is 2.61 bits per heavy atom. The minimum atomic E-state index is -0.768. The van der Waals surface area contributed by atoms with Crippen molar-refractivity contribution in [1.29, 1.82) is 0 Å². The van der Waals surface area contributed by atoms with Crippen LogP contribution in [0.15, 0.2) is 41.4 Å². The van der Waals surface area contributed by atoms with Crippen LogP contribution in [0.25, 0.3) is 0 Å². The van der Waals surface area contributed by atoms with Gasteiger partial charge < -0.3 is 24.6 Å². The average Bonchev–Trinajstić information content (AvgIpc) is 2.70. The highest BCUT2D eigenvalue weighted by Crippen LogP contribution is 2.25. The fourth-order valence-corrected chi connectivity index (χ4v) is 2.28. The minimum absolute atomic E-state index is 0.0803. The second kappa shape index (κ2) is 11.3. The second-order valence-corrected chi connectivity index (χ2v) is 6.29. The van der Waals surface area contributed by atoms with Gasteiger partial charge in [-0.05, 0) is 25.1 Å². The van der Waals surface area contributed by atoms with E-state index in [2.05, 4.69) is 33.5 Å². The quantitative estimate of drug-likeness (QED) is 0.316. The van der Waals surface area contributed by atoms with E-state index in [9.17, 15) is 9.90 Å². The molecule has 1 aromatic heterocycles. The molecule has 9 nitrogen and oxygen atoms in total. The van der Waals surface area contributed by atoms with Gasteiger partial charge in [0, 0.05) is 12.6 Å². The van der Waals surface area contributed by atoms with Crippen molar-refractivity contribution >= 4 is 18.5 Å². The van der Waals surface area contributed by atoms with Crippen LogP contribution in [0.1, 0.15) is 6.92 Å². The van der Waals surface area contributed by atoms with E-state index in [4.69, 9.17) is 14.2 Å². The number of methoxy groups -OCH3 is 1. The molecule has 0 radical (unpaired) electrons. The predicted molar refractivity (Wildman–Crippen MR) is 105 cm³/mol. The maximum Gasteiger partial charge on any atom is 0.259 e. The molecule has 0 saturated carbocycles. The first-order chi connectivity index (χ1) is 13.5. The molecule has 2 aromatic rings. The summed E-state index contributed by atoms with van der Waals surface area (Å²) in [7, 11) is 1.55. The lowest BCUT2D eigenvalue weighted by Gasteiger charge is -2.19. The normalized spacial score (nSPS) is 12.7. The van der Waals surface area contributed by atoms with Gasteiger partial charge in [-0.25, -0.2) is 0 Å². The van der Waals surface area contributed by atoms with E-state index >= 15 is 0 Å². The average molecular weight is 408 g/mol. The van der Waals surface area contributed by atoms with Gasteiger partial charge in [-0.3, -0.25) is 10.1 Å². The van der Waals surface area contributed by atoms with E-state index in [1.165, 1.54) is 0 Å². The van der Waals surface area contributed by atoms with Gasteiger partial charge >= 0.3 is 0 Å². The Morgan fingerprint density at radius 1 is 1.18 bits per heavy atom. The number of nitrogens with one attached hydrogen (secondary N) is 2. The lowest BCUT2D eigenvalue weighted by Crippen LogP contribution is -2.47. The van der Waals surface area contributed by atoms with Crippen LogP contribution in [0, 0.1) is 0 Å². The summed E-state index contributed by atoms with van der Waals surface area (Å²) in [5.74, 6) is 1.04. The number of carbonyl (C=O) groups excluding carboxylic acids is 1. The first kappa shape index (κ1) is 21.7. The highest BCUT2D eigenvalue weighted by molar-refractivity contribution is 7.80. The van der Waals surface area contributed by atoms with Gasteiger partial charge in [0.2, 0.25) is 5.88 Å². The molecule has 1 aromatic carbocycles. The first-order valence-electron chi connectivity index (χ1n) is 8.60. The highest BCUT2D eigenvalue weighted by atomic mass is 32.1. The SMILES string of the molecule is COc1ccccc1OCC(O)CNC(C)NC(=O)COc1ccc(S)nn1. The van der Waals surface area contributed by atoms with Crippen LogP contribution < -0.4 is 24.8 Å². The molecule has 0 bridgehead atoms. The van der Waals surface area contributed by atoms with Crippen molar-refractivity contribution < 1.29 is 24.1 Å². The minimum Gasteiger partial charge on any atom is -0.493 e. The summed E-state index contributed by atoms with van der Waals surface area (Å²) in [6, 6.07) is 10.4. The molecule has 0 aliphatic rings. The maximum atomic E-state index is 11.9. The lowest BCUT2D eigenvalue weighted by molar-refractivity contribution is -0.124. The number of benzene rings is 1. The summed E-state index contributed by atoms with van der Waals surface area (Å²) in [4.78, 5) is 11.9. The van der Waals surface area contributed by atoms with Crippen molar-refractivity contribution in [3.8, 4) is 17.4 Å². The maximum absolute atomic E-state index is 11.9. The highest BCUT2D eigenvalue weighted by Gasteiger charge is 2.12. The van der Waals surface area contributed by atoms with Crippen LogP contribution in [0.2, 0.25) is 0 Å². The van der Waals surface area contributed by atoms with Gasteiger partial charge in [0.15, 0.2) is 18.1 Å². The summed E-state index contributed by atoms with van der Waals surface area (Å²) < 4.78 is 16.0. The van der Waals surface area contributed by atoms with Crippen molar-refractivity contribution in [3.05, 3.63) is 36.4 Å². The topological polar surface area (TPSA) is 115 Å². The smallest absolute Gasteiger partial charge is 0.259 e. The predicted octanol–water partition coefficient (Wildman–Crippen LogP) is 0.644. The summed E-state index contributed by atoms with van der Waals surface area (Å²) in [5.41, 5.74) is 0.